The Hall–Kier alpha value is -1.97. The minimum absolute atomic E-state index is 0.164. The highest BCUT2D eigenvalue weighted by Gasteiger charge is 2.18. The molecule has 0 N–H and O–H groups in total. The van der Waals surface area contributed by atoms with Gasteiger partial charge in [-0.3, -0.25) is 4.28 Å². The lowest BCUT2D eigenvalue weighted by molar-refractivity contribution is -0.132. The molecule has 0 aliphatic heterocycles. The standard InChI is InChI=1S/C18H19NO5S3/c1-23-18(20)17(26-12-14-8-10-16(25-2)11-9-14)19-24-27(21,22)13-15-6-4-3-5-7-15/h3-11H,12-13H2,1-2H3/b19-17-. The van der Waals surface area contributed by atoms with Crippen molar-refractivity contribution < 1.29 is 22.2 Å². The molecule has 0 spiro atoms. The number of hydrogen-bond donors (Lipinski definition) is 0. The number of oxime groups is 1. The molecule has 2 aromatic carbocycles. The number of nitrogens with zero attached hydrogens (tertiary/aromatic N) is 1. The largest absolute Gasteiger partial charge is 0.464 e. The molecule has 0 fully saturated rings. The third-order valence-corrected chi connectivity index (χ3v) is 6.04. The van der Waals surface area contributed by atoms with E-state index in [-0.39, 0.29) is 10.8 Å². The van der Waals surface area contributed by atoms with E-state index in [0.29, 0.717) is 11.3 Å². The molecule has 0 unspecified atom stereocenters. The van der Waals surface area contributed by atoms with Crippen LogP contribution in [0.4, 0.5) is 0 Å². The van der Waals surface area contributed by atoms with E-state index in [1.807, 2.05) is 30.5 Å². The van der Waals surface area contributed by atoms with Crippen LogP contribution in [0.2, 0.25) is 0 Å². The van der Waals surface area contributed by atoms with Crippen LogP contribution in [0.3, 0.4) is 0 Å². The molecule has 0 atom stereocenters. The van der Waals surface area contributed by atoms with Crippen LogP contribution >= 0.6 is 23.5 Å². The van der Waals surface area contributed by atoms with Gasteiger partial charge in [0.1, 0.15) is 5.75 Å². The van der Waals surface area contributed by atoms with Gasteiger partial charge in [0.25, 0.3) is 0 Å². The van der Waals surface area contributed by atoms with Gasteiger partial charge in [-0.25, -0.2) is 4.79 Å². The maximum Gasteiger partial charge on any atom is 0.366 e. The number of rotatable bonds is 7. The monoisotopic (exact) mass is 425 g/mol. The van der Waals surface area contributed by atoms with Gasteiger partial charge < -0.3 is 4.74 Å². The van der Waals surface area contributed by atoms with Crippen molar-refractivity contribution in [3.05, 3.63) is 65.7 Å². The van der Waals surface area contributed by atoms with E-state index in [4.69, 9.17) is 0 Å². The zero-order valence-corrected chi connectivity index (χ0v) is 17.3. The minimum Gasteiger partial charge on any atom is -0.464 e. The number of carbonyl (C=O) groups excluding carboxylic acids is 1. The van der Waals surface area contributed by atoms with Crippen LogP contribution in [0, 0.1) is 0 Å². The number of hydrogen-bond acceptors (Lipinski definition) is 8. The first-order valence-corrected chi connectivity index (χ1v) is 11.6. The Labute approximate surface area is 167 Å². The van der Waals surface area contributed by atoms with E-state index in [2.05, 4.69) is 14.2 Å². The molecule has 0 amide bonds. The van der Waals surface area contributed by atoms with Gasteiger partial charge in [0.15, 0.2) is 0 Å². The second kappa shape index (κ2) is 10.4. The van der Waals surface area contributed by atoms with Crippen LogP contribution in [0.1, 0.15) is 11.1 Å². The normalized spacial score (nSPS) is 11.9. The number of esters is 1. The fraction of sp³-hybridized carbons (Fsp3) is 0.222. The van der Waals surface area contributed by atoms with Crippen molar-refractivity contribution in [1.82, 2.24) is 0 Å². The lowest BCUT2D eigenvalue weighted by atomic mass is 10.2. The van der Waals surface area contributed by atoms with E-state index in [1.54, 1.807) is 42.1 Å². The summed E-state index contributed by atoms with van der Waals surface area (Å²) in [6.45, 7) is 0. The molecule has 0 aliphatic rings. The second-order valence-corrected chi connectivity index (χ2v) is 8.68. The lowest BCUT2D eigenvalue weighted by Gasteiger charge is -2.06. The Morgan fingerprint density at radius 3 is 2.30 bits per heavy atom. The van der Waals surface area contributed by atoms with Gasteiger partial charge >= 0.3 is 16.1 Å². The Bertz CT molecular complexity index is 881. The third kappa shape index (κ3) is 7.28. The van der Waals surface area contributed by atoms with Crippen LogP contribution in [0.15, 0.2) is 64.6 Å². The molecule has 0 heterocycles. The van der Waals surface area contributed by atoms with Crippen LogP contribution in [-0.2, 0) is 35.4 Å². The molecule has 0 saturated carbocycles. The summed E-state index contributed by atoms with van der Waals surface area (Å²) in [6.07, 6.45) is 1.99. The SMILES string of the molecule is COC(=O)/C(=N/OS(=O)(=O)Cc1ccccc1)SCc1ccc(SC)cc1. The maximum atomic E-state index is 12.1. The van der Waals surface area contributed by atoms with Gasteiger partial charge in [-0.2, -0.15) is 8.42 Å². The Kier molecular flexibility index (Phi) is 8.21. The van der Waals surface area contributed by atoms with Crippen molar-refractivity contribution in [3.63, 3.8) is 0 Å². The number of thioether (sulfide) groups is 2. The molecule has 2 aromatic rings. The molecule has 0 saturated heterocycles. The van der Waals surface area contributed by atoms with Gasteiger partial charge in [-0.15, -0.1) is 11.8 Å². The van der Waals surface area contributed by atoms with Crippen molar-refractivity contribution in [3.8, 4) is 0 Å². The Balaban J connectivity index is 2.04. The summed E-state index contributed by atoms with van der Waals surface area (Å²) in [5.41, 5.74) is 1.52. The predicted molar refractivity (Wildman–Crippen MR) is 109 cm³/mol. The average molecular weight is 426 g/mol. The minimum atomic E-state index is -3.97. The van der Waals surface area contributed by atoms with Crippen LogP contribution < -0.4 is 0 Å². The molecule has 9 heteroatoms. The summed E-state index contributed by atoms with van der Waals surface area (Å²) < 4.78 is 33.5. The van der Waals surface area contributed by atoms with E-state index >= 15 is 0 Å². The average Bonchev–Trinajstić information content (AvgIpc) is 2.68. The second-order valence-electron chi connectivity index (χ2n) is 5.29. The number of carbonyl (C=O) groups is 1. The quantitative estimate of drug-likeness (QED) is 0.220. The molecule has 27 heavy (non-hydrogen) atoms. The summed E-state index contributed by atoms with van der Waals surface area (Å²) in [5.74, 6) is -0.673. The maximum absolute atomic E-state index is 12.1. The summed E-state index contributed by atoms with van der Waals surface area (Å²) in [7, 11) is -2.78. The molecule has 0 bridgehead atoms. The molecule has 144 valence electrons. The van der Waals surface area contributed by atoms with Crippen molar-refractivity contribution >= 4 is 44.7 Å². The van der Waals surface area contributed by atoms with Gasteiger partial charge in [0.05, 0.1) is 7.11 Å². The van der Waals surface area contributed by atoms with E-state index in [1.165, 1.54) is 7.11 Å². The first kappa shape index (κ1) is 21.3. The van der Waals surface area contributed by atoms with Gasteiger partial charge in [0.2, 0.25) is 5.04 Å². The Morgan fingerprint density at radius 2 is 1.70 bits per heavy atom. The van der Waals surface area contributed by atoms with Crippen molar-refractivity contribution in [2.45, 2.75) is 16.4 Å². The number of benzene rings is 2. The fourth-order valence-electron chi connectivity index (χ4n) is 1.98. The van der Waals surface area contributed by atoms with Gasteiger partial charge in [0, 0.05) is 10.6 Å². The first-order chi connectivity index (χ1) is 12.9. The predicted octanol–water partition coefficient (Wildman–Crippen LogP) is 3.67. The Morgan fingerprint density at radius 1 is 1.04 bits per heavy atom. The summed E-state index contributed by atoms with van der Waals surface area (Å²) in [4.78, 5) is 13.0. The number of methoxy groups -OCH3 is 1. The van der Waals surface area contributed by atoms with Crippen LogP contribution in [0.25, 0.3) is 0 Å². The van der Waals surface area contributed by atoms with E-state index in [0.717, 1.165) is 22.2 Å². The third-order valence-electron chi connectivity index (χ3n) is 3.31. The molecule has 0 aromatic heterocycles. The summed E-state index contributed by atoms with van der Waals surface area (Å²) >= 11 is 2.68. The molecular formula is C18H19NO5S3. The van der Waals surface area contributed by atoms with E-state index < -0.39 is 16.1 Å². The molecule has 0 radical (unpaired) electrons. The lowest BCUT2D eigenvalue weighted by Crippen LogP contribution is -2.15. The van der Waals surface area contributed by atoms with Crippen molar-refractivity contribution in [2.24, 2.45) is 5.16 Å². The molecule has 6 nitrogen and oxygen atoms in total. The summed E-state index contributed by atoms with van der Waals surface area (Å²) in [6, 6.07) is 16.4. The number of ether oxygens (including phenoxy) is 1. The van der Waals surface area contributed by atoms with Crippen molar-refractivity contribution in [2.75, 3.05) is 13.4 Å². The smallest absolute Gasteiger partial charge is 0.366 e. The van der Waals surface area contributed by atoms with Gasteiger partial charge in [-0.05, 0) is 29.5 Å². The van der Waals surface area contributed by atoms with Crippen LogP contribution in [0.5, 0.6) is 0 Å². The highest BCUT2D eigenvalue weighted by atomic mass is 32.2. The van der Waals surface area contributed by atoms with Gasteiger partial charge in [-0.1, -0.05) is 59.4 Å². The van der Waals surface area contributed by atoms with Crippen molar-refractivity contribution in [1.29, 1.82) is 0 Å². The zero-order chi connectivity index (χ0) is 19.7. The highest BCUT2D eigenvalue weighted by molar-refractivity contribution is 8.15. The van der Waals surface area contributed by atoms with E-state index in [9.17, 15) is 13.2 Å². The molecular weight excluding hydrogens is 406 g/mol. The summed E-state index contributed by atoms with van der Waals surface area (Å²) in [5, 5.41) is 3.36. The highest BCUT2D eigenvalue weighted by Crippen LogP contribution is 2.20. The molecule has 0 aliphatic carbocycles. The van der Waals surface area contributed by atoms with Crippen LogP contribution in [-0.4, -0.2) is 32.8 Å². The topological polar surface area (TPSA) is 82.0 Å². The first-order valence-electron chi connectivity index (χ1n) is 7.81. The fourth-order valence-corrected chi connectivity index (χ4v) is 4.06. The molecule has 2 rings (SSSR count). The zero-order valence-electron chi connectivity index (χ0n) is 14.8.